The van der Waals surface area contributed by atoms with E-state index in [4.69, 9.17) is 9.47 Å². The SMILES string of the molecule is CCC(C)(CC(=O)O)CC(C)(C)C(=O)N[C@@H](CCCCC(C)(C)C(=O)NCCOCCOCCC(C)(C)C(=O)NCCC(=O)N(CC(=O)NC)CC(=O)NC)C(=O)O. The van der Waals surface area contributed by atoms with Crippen LogP contribution in [0.3, 0.4) is 0 Å². The van der Waals surface area contributed by atoms with E-state index in [1.165, 1.54) is 14.1 Å². The molecular weight excluding hydrogens is 756 g/mol. The molecule has 7 N–H and O–H groups in total. The molecule has 0 fully saturated rings. The van der Waals surface area contributed by atoms with E-state index in [1.807, 2.05) is 13.8 Å². The summed E-state index contributed by atoms with van der Waals surface area (Å²) in [6.07, 6.45) is 2.75. The number of rotatable bonds is 31. The van der Waals surface area contributed by atoms with Crippen LogP contribution in [0.15, 0.2) is 0 Å². The lowest BCUT2D eigenvalue weighted by atomic mass is 9.70. The highest BCUT2D eigenvalue weighted by molar-refractivity contribution is 5.89. The number of carboxylic acids is 2. The van der Waals surface area contributed by atoms with Gasteiger partial charge < -0.3 is 51.2 Å². The zero-order valence-electron chi connectivity index (χ0n) is 36.5. The van der Waals surface area contributed by atoms with Crippen LogP contribution in [0.1, 0.15) is 113 Å². The normalized spacial score (nSPS) is 13.3. The van der Waals surface area contributed by atoms with E-state index in [0.717, 1.165) is 4.90 Å². The van der Waals surface area contributed by atoms with Crippen LogP contribution >= 0.6 is 0 Å². The van der Waals surface area contributed by atoms with Gasteiger partial charge in [-0.25, -0.2) is 4.79 Å². The number of hydrogen-bond acceptors (Lipinski definition) is 10. The van der Waals surface area contributed by atoms with Gasteiger partial charge in [0.1, 0.15) is 19.1 Å². The van der Waals surface area contributed by atoms with E-state index in [-0.39, 0.29) is 90.1 Å². The molecule has 1 unspecified atom stereocenters. The van der Waals surface area contributed by atoms with Crippen molar-refractivity contribution >= 4 is 47.4 Å². The minimum Gasteiger partial charge on any atom is -0.481 e. The lowest BCUT2D eigenvalue weighted by molar-refractivity contribution is -0.145. The van der Waals surface area contributed by atoms with E-state index in [1.54, 1.807) is 41.5 Å². The predicted octanol–water partition coefficient (Wildman–Crippen LogP) is 1.84. The van der Waals surface area contributed by atoms with Crippen molar-refractivity contribution in [3.8, 4) is 0 Å². The van der Waals surface area contributed by atoms with Crippen LogP contribution < -0.4 is 26.6 Å². The molecule has 0 aliphatic rings. The Bertz CT molecular complexity index is 1370. The van der Waals surface area contributed by atoms with Crippen LogP contribution in [0.5, 0.6) is 0 Å². The molecule has 0 aromatic heterocycles. The number of carboxylic acid groups (broad SMARTS) is 2. The lowest BCUT2D eigenvalue weighted by Gasteiger charge is -2.35. The maximum atomic E-state index is 13.1. The summed E-state index contributed by atoms with van der Waals surface area (Å²) in [4.78, 5) is 99.2. The summed E-state index contributed by atoms with van der Waals surface area (Å²) in [5.74, 6) is -4.29. The molecule has 334 valence electrons. The van der Waals surface area contributed by atoms with Crippen molar-refractivity contribution in [3.05, 3.63) is 0 Å². The van der Waals surface area contributed by atoms with E-state index in [0.29, 0.717) is 32.1 Å². The number of ether oxygens (including phenoxy) is 2. The number of nitrogens with zero attached hydrogens (tertiary/aromatic N) is 1. The van der Waals surface area contributed by atoms with Gasteiger partial charge in [0.2, 0.25) is 35.4 Å². The highest BCUT2D eigenvalue weighted by Gasteiger charge is 2.39. The fraction of sp³-hybridized carbons (Fsp3) is 0.800. The van der Waals surface area contributed by atoms with Crippen molar-refractivity contribution in [1.29, 1.82) is 0 Å². The van der Waals surface area contributed by atoms with Crippen molar-refractivity contribution in [2.45, 2.75) is 119 Å². The van der Waals surface area contributed by atoms with Gasteiger partial charge in [0.05, 0.1) is 26.2 Å². The molecule has 0 rings (SSSR count). The van der Waals surface area contributed by atoms with Gasteiger partial charge in [-0.05, 0) is 31.1 Å². The minimum absolute atomic E-state index is 0.0359. The summed E-state index contributed by atoms with van der Waals surface area (Å²) in [6.45, 7) is 15.0. The van der Waals surface area contributed by atoms with E-state index < -0.39 is 63.3 Å². The molecule has 58 heavy (non-hydrogen) atoms. The Morgan fingerprint density at radius 1 is 0.655 bits per heavy atom. The number of amides is 6. The van der Waals surface area contributed by atoms with Crippen molar-refractivity contribution in [1.82, 2.24) is 31.5 Å². The molecule has 18 nitrogen and oxygen atoms in total. The molecule has 6 amide bonds. The number of likely N-dealkylation sites (N-methyl/N-ethyl adjacent to an activating group) is 2. The standard InChI is InChI=1S/C40H72N6O12/c1-11-40(8,24-32(50)51)27-39(6,7)36(56)45-28(33(52)53)14-12-13-16-37(2,3)34(54)44-19-21-58-23-22-57-20-17-38(4,5)35(55)43-18-15-31(49)46(25-29(47)41-9)26-30(48)42-10/h28H,11-27H2,1-10H3,(H,41,47)(H,42,48)(H,43,55)(H,44,54)(H,45,56)(H,50,51)(H,52,53)/t28-,40?/m0/s1. The molecule has 0 heterocycles. The Morgan fingerprint density at radius 3 is 1.67 bits per heavy atom. The molecule has 0 saturated heterocycles. The molecule has 0 radical (unpaired) electrons. The first kappa shape index (κ1) is 53.7. The number of carbonyl (C=O) groups is 8. The molecule has 18 heteroatoms. The first-order valence-corrected chi connectivity index (χ1v) is 20.0. The van der Waals surface area contributed by atoms with Crippen molar-refractivity contribution in [3.63, 3.8) is 0 Å². The number of unbranched alkanes of at least 4 members (excludes halogenated alkanes) is 1. The fourth-order valence-electron chi connectivity index (χ4n) is 6.12. The summed E-state index contributed by atoms with van der Waals surface area (Å²) in [6, 6.07) is -1.11. The van der Waals surface area contributed by atoms with Crippen LogP contribution in [0.2, 0.25) is 0 Å². The number of nitrogens with one attached hydrogen (secondary N) is 5. The zero-order valence-corrected chi connectivity index (χ0v) is 36.5. The van der Waals surface area contributed by atoms with E-state index in [2.05, 4.69) is 26.6 Å². The first-order valence-electron chi connectivity index (χ1n) is 20.0. The maximum Gasteiger partial charge on any atom is 0.326 e. The third-order valence-electron chi connectivity index (χ3n) is 10.3. The van der Waals surface area contributed by atoms with Crippen LogP contribution in [0.25, 0.3) is 0 Å². The Kier molecular flexibility index (Phi) is 24.0. The molecule has 2 atom stereocenters. The van der Waals surface area contributed by atoms with Gasteiger partial charge >= 0.3 is 11.9 Å². The molecule has 0 aliphatic heterocycles. The van der Waals surface area contributed by atoms with Crippen molar-refractivity contribution in [2.24, 2.45) is 21.7 Å². The zero-order chi connectivity index (χ0) is 44.7. The van der Waals surface area contributed by atoms with Crippen molar-refractivity contribution in [2.75, 3.05) is 66.7 Å². The first-order chi connectivity index (χ1) is 26.9. The summed E-state index contributed by atoms with van der Waals surface area (Å²) in [5, 5.41) is 32.1. The second-order valence-electron chi connectivity index (χ2n) is 17.0. The average Bonchev–Trinajstić information content (AvgIpc) is 3.13. The third kappa shape index (κ3) is 21.4. The Hall–Kier alpha value is -4.32. The van der Waals surface area contributed by atoms with Gasteiger partial charge in [0.25, 0.3) is 0 Å². The number of carbonyl (C=O) groups excluding carboxylic acids is 6. The van der Waals surface area contributed by atoms with Crippen LogP contribution in [0.4, 0.5) is 0 Å². The van der Waals surface area contributed by atoms with Gasteiger partial charge in [0.15, 0.2) is 0 Å². The predicted molar refractivity (Wildman–Crippen MR) is 216 cm³/mol. The smallest absolute Gasteiger partial charge is 0.326 e. The Balaban J connectivity index is 4.48. The molecule has 0 bridgehead atoms. The molecule has 0 saturated carbocycles. The average molecular weight is 829 g/mol. The van der Waals surface area contributed by atoms with E-state index in [9.17, 15) is 48.6 Å². The molecule has 0 aromatic rings. The van der Waals surface area contributed by atoms with Gasteiger partial charge in [-0.2, -0.15) is 0 Å². The Morgan fingerprint density at radius 2 is 1.17 bits per heavy atom. The van der Waals surface area contributed by atoms with Gasteiger partial charge in [0, 0.05) is 56.5 Å². The minimum atomic E-state index is -1.16. The highest BCUT2D eigenvalue weighted by atomic mass is 16.5. The van der Waals surface area contributed by atoms with Gasteiger partial charge in [-0.15, -0.1) is 0 Å². The van der Waals surface area contributed by atoms with Crippen LogP contribution in [0, 0.1) is 21.7 Å². The highest BCUT2D eigenvalue weighted by Crippen LogP contribution is 2.39. The van der Waals surface area contributed by atoms with Crippen LogP contribution in [-0.4, -0.2) is 135 Å². The fourth-order valence-corrected chi connectivity index (χ4v) is 6.12. The number of aliphatic carboxylic acids is 2. The monoisotopic (exact) mass is 829 g/mol. The summed E-state index contributed by atoms with van der Waals surface area (Å²) >= 11 is 0. The molecule has 0 spiro atoms. The molecule has 0 aromatic carbocycles. The Labute approximate surface area is 344 Å². The van der Waals surface area contributed by atoms with E-state index >= 15 is 0 Å². The third-order valence-corrected chi connectivity index (χ3v) is 10.3. The summed E-state index contributed by atoms with van der Waals surface area (Å²) < 4.78 is 11.2. The van der Waals surface area contributed by atoms with Crippen molar-refractivity contribution < 1.29 is 58.0 Å². The van der Waals surface area contributed by atoms with Crippen LogP contribution in [-0.2, 0) is 47.8 Å². The lowest BCUT2D eigenvalue weighted by Crippen LogP contribution is -2.48. The number of hydrogen-bond donors (Lipinski definition) is 7. The van der Waals surface area contributed by atoms with Gasteiger partial charge in [-0.1, -0.05) is 74.7 Å². The molecular formula is C40H72N6O12. The second-order valence-corrected chi connectivity index (χ2v) is 17.0. The topological polar surface area (TPSA) is 259 Å². The van der Waals surface area contributed by atoms with Gasteiger partial charge in [-0.3, -0.25) is 33.6 Å². The molecule has 0 aliphatic carbocycles. The quantitative estimate of drug-likeness (QED) is 0.0494. The maximum absolute atomic E-state index is 13.1. The summed E-state index contributed by atoms with van der Waals surface area (Å²) in [7, 11) is 2.86. The second kappa shape index (κ2) is 25.9. The largest absolute Gasteiger partial charge is 0.481 e. The summed E-state index contributed by atoms with van der Waals surface area (Å²) in [5.41, 5.74) is -3.12.